The lowest BCUT2D eigenvalue weighted by Crippen LogP contribution is -1.99. The molecular formula is C14H19N3. The second-order valence-corrected chi connectivity index (χ2v) is 4.44. The van der Waals surface area contributed by atoms with E-state index in [-0.39, 0.29) is 0 Å². The second-order valence-electron chi connectivity index (χ2n) is 4.44. The fraction of sp³-hybridized carbons (Fsp3) is 0.357. The molecule has 2 rings (SSSR count). The Kier molecular flexibility index (Phi) is 2.92. The maximum absolute atomic E-state index is 5.88. The Morgan fingerprint density at radius 1 is 1.24 bits per heavy atom. The molecule has 0 radical (unpaired) electrons. The van der Waals surface area contributed by atoms with E-state index in [1.54, 1.807) is 0 Å². The number of hydrogen-bond donors (Lipinski definition) is 1. The molecule has 0 spiro atoms. The van der Waals surface area contributed by atoms with Crippen LogP contribution in [0, 0.1) is 20.8 Å². The van der Waals surface area contributed by atoms with Gasteiger partial charge in [0.2, 0.25) is 0 Å². The van der Waals surface area contributed by atoms with Crippen molar-refractivity contribution < 1.29 is 0 Å². The zero-order valence-electron chi connectivity index (χ0n) is 10.9. The van der Waals surface area contributed by atoms with Crippen molar-refractivity contribution in [1.82, 2.24) is 9.78 Å². The van der Waals surface area contributed by atoms with Crippen LogP contribution < -0.4 is 5.73 Å². The minimum Gasteiger partial charge on any atom is -0.399 e. The molecule has 0 aliphatic carbocycles. The van der Waals surface area contributed by atoms with Gasteiger partial charge in [0.1, 0.15) is 0 Å². The number of anilines is 1. The smallest absolute Gasteiger partial charge is 0.0675 e. The molecule has 1 aromatic heterocycles. The monoisotopic (exact) mass is 229 g/mol. The van der Waals surface area contributed by atoms with E-state index in [2.05, 4.69) is 38.9 Å². The third kappa shape index (κ3) is 1.93. The summed E-state index contributed by atoms with van der Waals surface area (Å²) < 4.78 is 2.04. The van der Waals surface area contributed by atoms with Crippen LogP contribution in [-0.4, -0.2) is 9.78 Å². The van der Waals surface area contributed by atoms with Crippen LogP contribution in [0.1, 0.15) is 23.9 Å². The van der Waals surface area contributed by atoms with Gasteiger partial charge in [-0.05, 0) is 51.0 Å². The maximum Gasteiger partial charge on any atom is 0.0675 e. The second kappa shape index (κ2) is 4.24. The lowest BCUT2D eigenvalue weighted by atomic mass is 9.98. The molecule has 90 valence electrons. The minimum atomic E-state index is 0.800. The Morgan fingerprint density at radius 3 is 2.53 bits per heavy atom. The van der Waals surface area contributed by atoms with E-state index in [9.17, 15) is 0 Å². The first-order valence-electron chi connectivity index (χ1n) is 5.95. The van der Waals surface area contributed by atoms with Crippen LogP contribution in [0.5, 0.6) is 0 Å². The van der Waals surface area contributed by atoms with Crippen LogP contribution >= 0.6 is 0 Å². The van der Waals surface area contributed by atoms with Crippen molar-refractivity contribution in [2.45, 2.75) is 34.2 Å². The van der Waals surface area contributed by atoms with Crippen LogP contribution in [0.4, 0.5) is 5.69 Å². The number of nitrogen functional groups attached to an aromatic ring is 1. The summed E-state index contributed by atoms with van der Waals surface area (Å²) in [6.45, 7) is 9.28. The largest absolute Gasteiger partial charge is 0.399 e. The normalized spacial score (nSPS) is 10.8. The topological polar surface area (TPSA) is 43.8 Å². The highest BCUT2D eigenvalue weighted by Gasteiger charge is 2.14. The predicted octanol–water partition coefficient (Wildman–Crippen LogP) is 3.08. The van der Waals surface area contributed by atoms with Crippen molar-refractivity contribution >= 4 is 5.69 Å². The van der Waals surface area contributed by atoms with Crippen LogP contribution in [0.3, 0.4) is 0 Å². The molecule has 0 atom stereocenters. The van der Waals surface area contributed by atoms with E-state index in [4.69, 9.17) is 5.73 Å². The van der Waals surface area contributed by atoms with Gasteiger partial charge in [0.15, 0.2) is 0 Å². The number of aryl methyl sites for hydroxylation is 3. The summed E-state index contributed by atoms with van der Waals surface area (Å²) in [5, 5.41) is 4.55. The van der Waals surface area contributed by atoms with Crippen LogP contribution in [0.2, 0.25) is 0 Å². The van der Waals surface area contributed by atoms with Crippen molar-refractivity contribution in [2.24, 2.45) is 0 Å². The standard InChI is InChI=1S/C14H19N3/c1-5-17-11(4)14(10(3)16-17)13-8-12(15)7-6-9(13)2/h6-8H,5,15H2,1-4H3. The molecule has 17 heavy (non-hydrogen) atoms. The van der Waals surface area contributed by atoms with Gasteiger partial charge in [-0.3, -0.25) is 4.68 Å². The van der Waals surface area contributed by atoms with Gasteiger partial charge in [-0.1, -0.05) is 6.07 Å². The molecule has 0 unspecified atom stereocenters. The van der Waals surface area contributed by atoms with Gasteiger partial charge >= 0.3 is 0 Å². The van der Waals surface area contributed by atoms with E-state index in [0.717, 1.165) is 17.9 Å². The van der Waals surface area contributed by atoms with Crippen molar-refractivity contribution in [3.63, 3.8) is 0 Å². The first kappa shape index (κ1) is 11.7. The van der Waals surface area contributed by atoms with Crippen LogP contribution in [-0.2, 0) is 6.54 Å². The molecule has 3 nitrogen and oxygen atoms in total. The predicted molar refractivity (Wildman–Crippen MR) is 72.0 cm³/mol. The maximum atomic E-state index is 5.88. The Bertz CT molecular complexity index is 553. The molecule has 0 bridgehead atoms. The van der Waals surface area contributed by atoms with Gasteiger partial charge < -0.3 is 5.73 Å². The number of hydrogen-bond acceptors (Lipinski definition) is 2. The van der Waals surface area contributed by atoms with Crippen molar-refractivity contribution in [3.05, 3.63) is 35.2 Å². The highest BCUT2D eigenvalue weighted by Crippen LogP contribution is 2.31. The average Bonchev–Trinajstić information content (AvgIpc) is 2.58. The molecule has 0 saturated heterocycles. The molecule has 1 aromatic carbocycles. The first-order valence-corrected chi connectivity index (χ1v) is 5.95. The number of aromatic nitrogens is 2. The number of rotatable bonds is 2. The summed E-state index contributed by atoms with van der Waals surface area (Å²) in [4.78, 5) is 0. The van der Waals surface area contributed by atoms with Crippen LogP contribution in [0.25, 0.3) is 11.1 Å². The third-order valence-corrected chi connectivity index (χ3v) is 3.21. The SMILES string of the molecule is CCn1nc(C)c(-c2cc(N)ccc2C)c1C. The van der Waals surface area contributed by atoms with E-state index < -0.39 is 0 Å². The van der Waals surface area contributed by atoms with Gasteiger partial charge in [-0.15, -0.1) is 0 Å². The lowest BCUT2D eigenvalue weighted by Gasteiger charge is -2.08. The fourth-order valence-electron chi connectivity index (χ4n) is 2.30. The van der Waals surface area contributed by atoms with E-state index >= 15 is 0 Å². The number of nitrogens with two attached hydrogens (primary N) is 1. The zero-order chi connectivity index (χ0) is 12.6. The summed E-state index contributed by atoms with van der Waals surface area (Å²) in [5.74, 6) is 0. The van der Waals surface area contributed by atoms with Crippen molar-refractivity contribution in [1.29, 1.82) is 0 Å². The van der Waals surface area contributed by atoms with Gasteiger partial charge in [-0.25, -0.2) is 0 Å². The van der Waals surface area contributed by atoms with Gasteiger partial charge in [0, 0.05) is 23.5 Å². The first-order chi connectivity index (χ1) is 8.04. The zero-order valence-corrected chi connectivity index (χ0v) is 10.9. The Labute approximate surface area is 102 Å². The van der Waals surface area contributed by atoms with E-state index in [1.165, 1.54) is 22.4 Å². The average molecular weight is 229 g/mol. The van der Waals surface area contributed by atoms with Crippen molar-refractivity contribution in [2.75, 3.05) is 5.73 Å². The fourth-order valence-corrected chi connectivity index (χ4v) is 2.30. The molecule has 0 fully saturated rings. The number of benzene rings is 1. The molecular weight excluding hydrogens is 210 g/mol. The molecule has 0 amide bonds. The summed E-state index contributed by atoms with van der Waals surface area (Å²) >= 11 is 0. The summed E-state index contributed by atoms with van der Waals surface area (Å²) in [6, 6.07) is 6.03. The quantitative estimate of drug-likeness (QED) is 0.804. The molecule has 2 aromatic rings. The third-order valence-electron chi connectivity index (χ3n) is 3.21. The van der Waals surface area contributed by atoms with E-state index in [0.29, 0.717) is 0 Å². The molecule has 0 aliphatic rings. The van der Waals surface area contributed by atoms with Gasteiger partial charge in [0.05, 0.1) is 5.69 Å². The Balaban J connectivity index is 2.68. The molecule has 0 saturated carbocycles. The summed E-state index contributed by atoms with van der Waals surface area (Å²) in [6.07, 6.45) is 0. The summed E-state index contributed by atoms with van der Waals surface area (Å²) in [7, 11) is 0. The number of nitrogens with zero attached hydrogens (tertiary/aromatic N) is 2. The Hall–Kier alpha value is -1.77. The highest BCUT2D eigenvalue weighted by atomic mass is 15.3. The molecule has 3 heteroatoms. The molecule has 1 heterocycles. The summed E-state index contributed by atoms with van der Waals surface area (Å²) in [5.41, 5.74) is 12.6. The van der Waals surface area contributed by atoms with Crippen molar-refractivity contribution in [3.8, 4) is 11.1 Å². The van der Waals surface area contributed by atoms with Gasteiger partial charge in [-0.2, -0.15) is 5.10 Å². The lowest BCUT2D eigenvalue weighted by molar-refractivity contribution is 0.634. The van der Waals surface area contributed by atoms with Crippen LogP contribution in [0.15, 0.2) is 18.2 Å². The minimum absolute atomic E-state index is 0.800. The van der Waals surface area contributed by atoms with Gasteiger partial charge in [0.25, 0.3) is 0 Å². The highest BCUT2D eigenvalue weighted by molar-refractivity contribution is 5.74. The Morgan fingerprint density at radius 2 is 1.94 bits per heavy atom. The molecule has 0 aliphatic heterocycles. The van der Waals surface area contributed by atoms with E-state index in [1.807, 2.05) is 16.8 Å². The molecule has 2 N–H and O–H groups in total.